The Morgan fingerprint density at radius 2 is 1.81 bits per heavy atom. The Hall–Kier alpha value is -1.69. The molecule has 0 saturated carbocycles. The predicted molar refractivity (Wildman–Crippen MR) is 93.6 cm³/mol. The van der Waals surface area contributed by atoms with Crippen molar-refractivity contribution in [2.75, 3.05) is 18.1 Å². The Balaban J connectivity index is 2.12. The third-order valence-corrected chi connectivity index (χ3v) is 4.28. The zero-order chi connectivity index (χ0) is 14.9. The molecule has 0 spiro atoms. The number of thioether (sulfide) groups is 1. The fourth-order valence-corrected chi connectivity index (χ4v) is 2.89. The molecule has 0 heterocycles. The maximum Gasteiger partial charge on any atom is 0.0579 e. The molecule has 2 heteroatoms. The smallest absolute Gasteiger partial charge is 0.0579 e. The Morgan fingerprint density at radius 1 is 1.10 bits per heavy atom. The van der Waals surface area contributed by atoms with Gasteiger partial charge in [-0.3, -0.25) is 0 Å². The highest BCUT2D eigenvalue weighted by Gasteiger charge is 2.14. The second-order valence-corrected chi connectivity index (χ2v) is 6.02. The van der Waals surface area contributed by atoms with Crippen LogP contribution in [0.4, 0.5) is 0 Å². The second kappa shape index (κ2) is 8.56. The predicted octanol–water partition coefficient (Wildman–Crippen LogP) is 4.04. The first-order chi connectivity index (χ1) is 10.3. The van der Waals surface area contributed by atoms with Gasteiger partial charge < -0.3 is 5.32 Å². The van der Waals surface area contributed by atoms with Crippen molar-refractivity contribution in [2.24, 2.45) is 0 Å². The van der Waals surface area contributed by atoms with Crippen LogP contribution in [0.2, 0.25) is 0 Å². The second-order valence-electron chi connectivity index (χ2n) is 4.91. The van der Waals surface area contributed by atoms with Crippen molar-refractivity contribution in [3.63, 3.8) is 0 Å². The molecule has 1 nitrogen and oxygen atoms in total. The fraction of sp³-hybridized carbons (Fsp3) is 0.263. The van der Waals surface area contributed by atoms with Crippen LogP contribution in [0, 0.1) is 19.3 Å². The van der Waals surface area contributed by atoms with E-state index in [4.69, 9.17) is 6.42 Å². The van der Waals surface area contributed by atoms with Crippen molar-refractivity contribution in [3.8, 4) is 12.3 Å². The largest absolute Gasteiger partial charge is 0.305 e. The first-order valence-corrected chi connectivity index (χ1v) is 8.33. The van der Waals surface area contributed by atoms with Crippen molar-refractivity contribution >= 4 is 11.8 Å². The van der Waals surface area contributed by atoms with Gasteiger partial charge in [0.05, 0.1) is 11.8 Å². The first kappa shape index (κ1) is 15.7. The number of hydrogen-bond donors (Lipinski definition) is 1. The summed E-state index contributed by atoms with van der Waals surface area (Å²) in [7, 11) is 0. The van der Waals surface area contributed by atoms with Gasteiger partial charge in [-0.15, -0.1) is 18.2 Å². The molecule has 0 bridgehead atoms. The summed E-state index contributed by atoms with van der Waals surface area (Å²) in [5.74, 6) is 4.47. The molecule has 21 heavy (non-hydrogen) atoms. The van der Waals surface area contributed by atoms with E-state index >= 15 is 0 Å². The molecule has 1 unspecified atom stereocenters. The highest BCUT2D eigenvalue weighted by molar-refractivity contribution is 7.99. The van der Waals surface area contributed by atoms with Gasteiger partial charge in [0.15, 0.2) is 0 Å². The van der Waals surface area contributed by atoms with E-state index < -0.39 is 0 Å². The Kier molecular flexibility index (Phi) is 6.40. The summed E-state index contributed by atoms with van der Waals surface area (Å²) >= 11 is 1.79. The van der Waals surface area contributed by atoms with E-state index in [1.54, 1.807) is 11.8 Å². The molecule has 108 valence electrons. The van der Waals surface area contributed by atoms with Gasteiger partial charge in [-0.2, -0.15) is 0 Å². The number of terminal acetylenes is 1. The van der Waals surface area contributed by atoms with Gasteiger partial charge in [-0.1, -0.05) is 60.5 Å². The van der Waals surface area contributed by atoms with Crippen LogP contribution in [-0.2, 0) is 0 Å². The average molecular weight is 295 g/mol. The van der Waals surface area contributed by atoms with Crippen LogP contribution in [0.5, 0.6) is 0 Å². The summed E-state index contributed by atoms with van der Waals surface area (Å²) in [6, 6.07) is 19.4. The van der Waals surface area contributed by atoms with Crippen molar-refractivity contribution in [2.45, 2.75) is 13.0 Å². The molecule has 0 fully saturated rings. The molecule has 2 aromatic carbocycles. The SMILES string of the molecule is C#CCSCCNC(c1ccccc1)c1ccccc1C. The van der Waals surface area contributed by atoms with Crippen LogP contribution in [0.15, 0.2) is 54.6 Å². The number of hydrogen-bond acceptors (Lipinski definition) is 2. The maximum atomic E-state index is 5.28. The normalized spacial score (nSPS) is 11.8. The molecule has 0 aliphatic heterocycles. The number of rotatable bonds is 7. The zero-order valence-corrected chi connectivity index (χ0v) is 13.2. The minimum absolute atomic E-state index is 0.235. The minimum Gasteiger partial charge on any atom is -0.305 e. The Bertz CT molecular complexity index is 586. The summed E-state index contributed by atoms with van der Waals surface area (Å²) in [6.45, 7) is 3.11. The van der Waals surface area contributed by atoms with Gasteiger partial charge in [0.1, 0.15) is 0 Å². The molecular formula is C19H21NS. The number of benzene rings is 2. The van der Waals surface area contributed by atoms with Gasteiger partial charge in [-0.25, -0.2) is 0 Å². The van der Waals surface area contributed by atoms with Crippen molar-refractivity contribution in [1.82, 2.24) is 5.32 Å². The minimum atomic E-state index is 0.235. The molecule has 1 N–H and O–H groups in total. The van der Waals surface area contributed by atoms with Gasteiger partial charge in [0.2, 0.25) is 0 Å². The van der Waals surface area contributed by atoms with E-state index in [0.717, 1.165) is 18.1 Å². The quantitative estimate of drug-likeness (QED) is 0.611. The Labute approximate surface area is 132 Å². The van der Waals surface area contributed by atoms with Crippen LogP contribution < -0.4 is 5.32 Å². The van der Waals surface area contributed by atoms with Crippen LogP contribution in [-0.4, -0.2) is 18.1 Å². The van der Waals surface area contributed by atoms with E-state index in [2.05, 4.69) is 72.8 Å². The van der Waals surface area contributed by atoms with E-state index in [1.807, 2.05) is 0 Å². The molecule has 1 atom stereocenters. The number of nitrogens with one attached hydrogen (secondary N) is 1. The lowest BCUT2D eigenvalue weighted by molar-refractivity contribution is 0.631. The maximum absolute atomic E-state index is 5.28. The molecule has 0 radical (unpaired) electrons. The van der Waals surface area contributed by atoms with Crippen molar-refractivity contribution in [1.29, 1.82) is 0 Å². The van der Waals surface area contributed by atoms with E-state index in [9.17, 15) is 0 Å². The van der Waals surface area contributed by atoms with Crippen LogP contribution >= 0.6 is 11.8 Å². The lowest BCUT2D eigenvalue weighted by Gasteiger charge is -2.21. The zero-order valence-electron chi connectivity index (χ0n) is 12.4. The third-order valence-electron chi connectivity index (χ3n) is 3.41. The van der Waals surface area contributed by atoms with Gasteiger partial charge in [0.25, 0.3) is 0 Å². The molecule has 0 amide bonds. The summed E-state index contributed by atoms with van der Waals surface area (Å²) in [5.41, 5.74) is 3.95. The lowest BCUT2D eigenvalue weighted by atomic mass is 9.95. The molecule has 0 aromatic heterocycles. The lowest BCUT2D eigenvalue weighted by Crippen LogP contribution is -2.25. The standard InChI is InChI=1S/C19H21NS/c1-3-14-21-15-13-20-19(17-10-5-4-6-11-17)18-12-8-7-9-16(18)2/h1,4-12,19-20H,13-15H2,2H3. The molecule has 2 aromatic rings. The van der Waals surface area contributed by atoms with Crippen LogP contribution in [0.3, 0.4) is 0 Å². The van der Waals surface area contributed by atoms with E-state index in [-0.39, 0.29) is 6.04 Å². The highest BCUT2D eigenvalue weighted by atomic mass is 32.2. The topological polar surface area (TPSA) is 12.0 Å². The van der Waals surface area contributed by atoms with Crippen molar-refractivity contribution in [3.05, 3.63) is 71.3 Å². The van der Waals surface area contributed by atoms with E-state index in [0.29, 0.717) is 0 Å². The van der Waals surface area contributed by atoms with Crippen molar-refractivity contribution < 1.29 is 0 Å². The average Bonchev–Trinajstić information content (AvgIpc) is 2.53. The van der Waals surface area contributed by atoms with Gasteiger partial charge >= 0.3 is 0 Å². The molecule has 2 rings (SSSR count). The van der Waals surface area contributed by atoms with Crippen LogP contribution in [0.1, 0.15) is 22.7 Å². The summed E-state index contributed by atoms with van der Waals surface area (Å²) in [4.78, 5) is 0. The monoisotopic (exact) mass is 295 g/mol. The van der Waals surface area contributed by atoms with Crippen LogP contribution in [0.25, 0.3) is 0 Å². The third kappa shape index (κ3) is 4.67. The number of aryl methyl sites for hydroxylation is 1. The molecule has 0 aliphatic rings. The summed E-state index contributed by atoms with van der Waals surface area (Å²) < 4.78 is 0. The Morgan fingerprint density at radius 3 is 2.52 bits per heavy atom. The highest BCUT2D eigenvalue weighted by Crippen LogP contribution is 2.24. The molecule has 0 aliphatic carbocycles. The summed E-state index contributed by atoms with van der Waals surface area (Å²) in [5, 5.41) is 3.66. The van der Waals surface area contributed by atoms with E-state index in [1.165, 1.54) is 16.7 Å². The van der Waals surface area contributed by atoms with Gasteiger partial charge in [0, 0.05) is 12.3 Å². The molecule has 0 saturated heterocycles. The summed E-state index contributed by atoms with van der Waals surface area (Å²) in [6.07, 6.45) is 5.28. The first-order valence-electron chi connectivity index (χ1n) is 7.18. The van der Waals surface area contributed by atoms with Gasteiger partial charge in [-0.05, 0) is 23.6 Å². The fourth-order valence-electron chi connectivity index (χ4n) is 2.37. The molecular weight excluding hydrogens is 274 g/mol.